The minimum Gasteiger partial charge on any atom is -0.423 e. The fourth-order valence-electron chi connectivity index (χ4n) is 2.81. The first-order valence-corrected chi connectivity index (χ1v) is 9.45. The lowest BCUT2D eigenvalue weighted by Gasteiger charge is -2.05. The summed E-state index contributed by atoms with van der Waals surface area (Å²) < 4.78 is 18.1. The van der Waals surface area contributed by atoms with Crippen LogP contribution in [-0.4, -0.2) is 10.9 Å². The second-order valence-electron chi connectivity index (χ2n) is 6.27. The van der Waals surface area contributed by atoms with Crippen LogP contribution in [-0.2, 0) is 17.6 Å². The summed E-state index contributed by atoms with van der Waals surface area (Å²) in [4.78, 5) is 28.0. The smallest absolute Gasteiger partial charge is 0.336 e. The molecule has 5 nitrogen and oxygen atoms in total. The van der Waals surface area contributed by atoms with Crippen molar-refractivity contribution in [1.29, 1.82) is 0 Å². The van der Waals surface area contributed by atoms with Gasteiger partial charge in [0.05, 0.1) is 17.1 Å². The predicted octanol–water partition coefficient (Wildman–Crippen LogP) is 4.16. The average Bonchev–Trinajstić information content (AvgIpc) is 3.10. The van der Waals surface area contributed by atoms with E-state index in [4.69, 9.17) is 4.42 Å². The SMILES string of the molecule is O=C(Cc1csc(Cc2ccc(F)cc2)n1)Nc1ccc2oc(=O)ccc2c1. The topological polar surface area (TPSA) is 72.2 Å². The monoisotopic (exact) mass is 394 g/mol. The van der Waals surface area contributed by atoms with Crippen LogP contribution >= 0.6 is 11.3 Å². The van der Waals surface area contributed by atoms with Crippen LogP contribution in [0.15, 0.2) is 69.2 Å². The molecule has 2 heterocycles. The van der Waals surface area contributed by atoms with Gasteiger partial charge in [0.25, 0.3) is 0 Å². The van der Waals surface area contributed by atoms with Gasteiger partial charge in [0.2, 0.25) is 5.91 Å². The molecule has 0 fully saturated rings. The Bertz CT molecular complexity index is 1200. The summed E-state index contributed by atoms with van der Waals surface area (Å²) in [5.41, 5.74) is 2.33. The molecule has 1 amide bonds. The molecule has 0 unspecified atom stereocenters. The van der Waals surface area contributed by atoms with Crippen LogP contribution in [0.5, 0.6) is 0 Å². The van der Waals surface area contributed by atoms with Gasteiger partial charge in [-0.25, -0.2) is 14.2 Å². The number of aromatic nitrogens is 1. The number of thiazole rings is 1. The first-order valence-electron chi connectivity index (χ1n) is 8.57. The molecule has 0 saturated carbocycles. The number of anilines is 1. The Hall–Kier alpha value is -3.32. The van der Waals surface area contributed by atoms with E-state index in [1.807, 2.05) is 5.38 Å². The lowest BCUT2D eigenvalue weighted by atomic mass is 10.1. The summed E-state index contributed by atoms with van der Waals surface area (Å²) >= 11 is 1.47. The fraction of sp³-hybridized carbons (Fsp3) is 0.0952. The second kappa shape index (κ2) is 7.74. The number of amides is 1. The van der Waals surface area contributed by atoms with Crippen molar-refractivity contribution in [1.82, 2.24) is 4.98 Å². The summed E-state index contributed by atoms with van der Waals surface area (Å²) in [6, 6.07) is 14.4. The van der Waals surface area contributed by atoms with Gasteiger partial charge >= 0.3 is 5.63 Å². The molecule has 2 aromatic heterocycles. The van der Waals surface area contributed by atoms with Crippen molar-refractivity contribution in [2.75, 3.05) is 5.32 Å². The number of benzene rings is 2. The summed E-state index contributed by atoms with van der Waals surface area (Å²) in [5.74, 6) is -0.452. The molecule has 4 rings (SSSR count). The van der Waals surface area contributed by atoms with E-state index in [0.717, 1.165) is 16.0 Å². The quantitative estimate of drug-likeness (QED) is 0.516. The van der Waals surface area contributed by atoms with Gasteiger partial charge in [0.1, 0.15) is 11.4 Å². The molecule has 0 radical (unpaired) electrons. The van der Waals surface area contributed by atoms with E-state index in [1.165, 1.54) is 29.5 Å². The summed E-state index contributed by atoms with van der Waals surface area (Å²) in [6.45, 7) is 0. The lowest BCUT2D eigenvalue weighted by Crippen LogP contribution is -2.14. The number of rotatable bonds is 5. The van der Waals surface area contributed by atoms with Crippen molar-refractivity contribution < 1.29 is 13.6 Å². The van der Waals surface area contributed by atoms with Crippen molar-refractivity contribution in [3.8, 4) is 0 Å². The first-order chi connectivity index (χ1) is 13.5. The van der Waals surface area contributed by atoms with Crippen molar-refractivity contribution in [3.05, 3.63) is 92.5 Å². The largest absolute Gasteiger partial charge is 0.423 e. The maximum atomic E-state index is 13.0. The zero-order chi connectivity index (χ0) is 19.5. The highest BCUT2D eigenvalue weighted by Crippen LogP contribution is 2.19. The van der Waals surface area contributed by atoms with Crippen LogP contribution in [0.3, 0.4) is 0 Å². The molecule has 1 N–H and O–H groups in total. The minimum absolute atomic E-state index is 0.155. The van der Waals surface area contributed by atoms with Crippen molar-refractivity contribution >= 4 is 33.9 Å². The number of hydrogen-bond acceptors (Lipinski definition) is 5. The van der Waals surface area contributed by atoms with Crippen LogP contribution in [0.25, 0.3) is 11.0 Å². The molecule has 140 valence electrons. The third-order valence-corrected chi connectivity index (χ3v) is 5.01. The van der Waals surface area contributed by atoms with Gasteiger partial charge in [0, 0.05) is 28.9 Å². The van der Waals surface area contributed by atoms with Gasteiger partial charge < -0.3 is 9.73 Å². The van der Waals surface area contributed by atoms with Crippen LogP contribution in [0.4, 0.5) is 10.1 Å². The Labute approximate surface area is 163 Å². The number of fused-ring (bicyclic) bond motifs is 1. The molecular weight excluding hydrogens is 379 g/mol. The fourth-order valence-corrected chi connectivity index (χ4v) is 3.64. The van der Waals surface area contributed by atoms with Crippen molar-refractivity contribution in [2.45, 2.75) is 12.8 Å². The number of carbonyl (C=O) groups excluding carboxylic acids is 1. The number of carbonyl (C=O) groups is 1. The molecule has 0 spiro atoms. The number of halogens is 1. The predicted molar refractivity (Wildman–Crippen MR) is 106 cm³/mol. The summed E-state index contributed by atoms with van der Waals surface area (Å²) in [7, 11) is 0. The molecule has 0 saturated heterocycles. The van der Waals surface area contributed by atoms with Crippen molar-refractivity contribution in [3.63, 3.8) is 0 Å². The van der Waals surface area contributed by atoms with Gasteiger partial charge in [-0.05, 0) is 42.0 Å². The van der Waals surface area contributed by atoms with Gasteiger partial charge in [-0.2, -0.15) is 0 Å². The van der Waals surface area contributed by atoms with E-state index < -0.39 is 5.63 Å². The van der Waals surface area contributed by atoms with Crippen LogP contribution in [0, 0.1) is 5.82 Å². The molecule has 4 aromatic rings. The van der Waals surface area contributed by atoms with Gasteiger partial charge in [-0.3, -0.25) is 4.79 Å². The maximum absolute atomic E-state index is 13.0. The highest BCUT2D eigenvalue weighted by molar-refractivity contribution is 7.09. The maximum Gasteiger partial charge on any atom is 0.336 e. The molecule has 7 heteroatoms. The van der Waals surface area contributed by atoms with Crippen molar-refractivity contribution in [2.24, 2.45) is 0 Å². The Kier molecular flexibility index (Phi) is 4.99. The lowest BCUT2D eigenvalue weighted by molar-refractivity contribution is -0.115. The van der Waals surface area contributed by atoms with E-state index in [0.29, 0.717) is 23.4 Å². The summed E-state index contributed by atoms with van der Waals surface area (Å²) in [6.07, 6.45) is 0.754. The van der Waals surface area contributed by atoms with Crippen LogP contribution < -0.4 is 10.9 Å². The second-order valence-corrected chi connectivity index (χ2v) is 7.21. The van der Waals surface area contributed by atoms with E-state index in [1.54, 1.807) is 36.4 Å². The van der Waals surface area contributed by atoms with E-state index in [2.05, 4.69) is 10.3 Å². The molecule has 0 bridgehead atoms. The van der Waals surface area contributed by atoms with E-state index in [-0.39, 0.29) is 18.1 Å². The Morgan fingerprint density at radius 1 is 1.11 bits per heavy atom. The molecule has 0 atom stereocenters. The van der Waals surface area contributed by atoms with Gasteiger partial charge in [-0.15, -0.1) is 11.3 Å². The minimum atomic E-state index is -0.413. The molecular formula is C21H15FN2O3S. The van der Waals surface area contributed by atoms with E-state index >= 15 is 0 Å². The Morgan fingerprint density at radius 2 is 1.93 bits per heavy atom. The zero-order valence-electron chi connectivity index (χ0n) is 14.6. The third kappa shape index (κ3) is 4.32. The molecule has 0 aliphatic carbocycles. The molecule has 0 aliphatic rings. The highest BCUT2D eigenvalue weighted by atomic mass is 32.1. The summed E-state index contributed by atoms with van der Waals surface area (Å²) in [5, 5.41) is 6.28. The number of nitrogens with one attached hydrogen (secondary N) is 1. The Balaban J connectivity index is 1.40. The molecule has 2 aromatic carbocycles. The standard InChI is InChI=1S/C21H15FN2O3S/c22-15-4-1-13(2-5-15)9-20-24-17(12-28-20)11-19(25)23-16-6-7-18-14(10-16)3-8-21(26)27-18/h1-8,10,12H,9,11H2,(H,23,25). The third-order valence-electron chi connectivity index (χ3n) is 4.11. The van der Waals surface area contributed by atoms with Gasteiger partial charge in [-0.1, -0.05) is 12.1 Å². The number of nitrogens with zero attached hydrogens (tertiary/aromatic N) is 1. The van der Waals surface area contributed by atoms with Gasteiger partial charge in [0.15, 0.2) is 0 Å². The normalized spacial score (nSPS) is 10.9. The number of hydrogen-bond donors (Lipinski definition) is 1. The molecule has 28 heavy (non-hydrogen) atoms. The Morgan fingerprint density at radius 3 is 2.75 bits per heavy atom. The zero-order valence-corrected chi connectivity index (χ0v) is 15.5. The first kappa shape index (κ1) is 18.1. The average molecular weight is 394 g/mol. The van der Waals surface area contributed by atoms with E-state index in [9.17, 15) is 14.0 Å². The van der Waals surface area contributed by atoms with Crippen LogP contribution in [0.2, 0.25) is 0 Å². The highest BCUT2D eigenvalue weighted by Gasteiger charge is 2.10. The molecule has 0 aliphatic heterocycles. The van der Waals surface area contributed by atoms with Crippen LogP contribution in [0.1, 0.15) is 16.3 Å².